The summed E-state index contributed by atoms with van der Waals surface area (Å²) in [7, 11) is 1.69. The predicted molar refractivity (Wildman–Crippen MR) is 80.9 cm³/mol. The van der Waals surface area contributed by atoms with Gasteiger partial charge in [0, 0.05) is 30.1 Å². The Hall–Kier alpha value is -1.72. The lowest BCUT2D eigenvalue weighted by molar-refractivity contribution is 0.0704. The van der Waals surface area contributed by atoms with E-state index in [0.29, 0.717) is 12.1 Å². The summed E-state index contributed by atoms with van der Waals surface area (Å²) in [5, 5.41) is 12.3. The van der Waals surface area contributed by atoms with E-state index in [4.69, 9.17) is 0 Å². The second kappa shape index (κ2) is 6.15. The zero-order valence-electron chi connectivity index (χ0n) is 11.8. The molecule has 0 saturated heterocycles. The van der Waals surface area contributed by atoms with Gasteiger partial charge in [0.2, 0.25) is 0 Å². The van der Waals surface area contributed by atoms with Crippen LogP contribution >= 0.6 is 11.3 Å². The van der Waals surface area contributed by atoms with Gasteiger partial charge < -0.3 is 10.0 Å². The zero-order chi connectivity index (χ0) is 14.7. The number of amides is 1. The maximum atomic E-state index is 12.3. The summed E-state index contributed by atoms with van der Waals surface area (Å²) in [5.41, 5.74) is 2.43. The first-order valence-electron chi connectivity index (χ1n) is 6.43. The number of carbonyl (C=O) groups excluding carboxylic acids is 1. The molecule has 0 aliphatic rings. The lowest BCUT2D eigenvalue weighted by atomic mass is 10.1. The molecule has 4 nitrogen and oxygen atoms in total. The third kappa shape index (κ3) is 3.43. The van der Waals surface area contributed by atoms with Crippen LogP contribution in [0.3, 0.4) is 0 Å². The average molecular weight is 290 g/mol. The first-order valence-corrected chi connectivity index (χ1v) is 7.31. The van der Waals surface area contributed by atoms with Gasteiger partial charge in [-0.1, -0.05) is 12.1 Å². The smallest absolute Gasteiger partial charge is 0.253 e. The molecule has 0 radical (unpaired) electrons. The molecule has 1 aromatic heterocycles. The molecule has 5 heteroatoms. The number of aromatic nitrogens is 1. The number of hydrogen-bond donors (Lipinski definition) is 1. The normalized spacial score (nSPS) is 12.2. The van der Waals surface area contributed by atoms with Gasteiger partial charge in [-0.05, 0) is 26.0 Å². The molecule has 0 saturated carbocycles. The van der Waals surface area contributed by atoms with Gasteiger partial charge in [-0.15, -0.1) is 11.3 Å². The highest BCUT2D eigenvalue weighted by atomic mass is 32.1. The Morgan fingerprint density at radius 2 is 2.25 bits per heavy atom. The van der Waals surface area contributed by atoms with E-state index in [9.17, 15) is 9.90 Å². The fourth-order valence-corrected chi connectivity index (χ4v) is 2.63. The highest BCUT2D eigenvalue weighted by molar-refractivity contribution is 7.09. The molecule has 0 bridgehead atoms. The minimum Gasteiger partial charge on any atom is -0.392 e. The Balaban J connectivity index is 2.23. The zero-order valence-corrected chi connectivity index (χ0v) is 12.6. The van der Waals surface area contributed by atoms with Crippen LogP contribution in [0.15, 0.2) is 29.6 Å². The fourth-order valence-electron chi connectivity index (χ4n) is 2.01. The molecule has 0 fully saturated rings. The minimum absolute atomic E-state index is 0.0975. The van der Waals surface area contributed by atoms with Crippen LogP contribution in [-0.4, -0.2) is 40.6 Å². The van der Waals surface area contributed by atoms with E-state index in [0.717, 1.165) is 16.3 Å². The van der Waals surface area contributed by atoms with Gasteiger partial charge in [0.1, 0.15) is 0 Å². The number of aliphatic hydroxyl groups is 1. The number of benzene rings is 1. The quantitative estimate of drug-likeness (QED) is 0.941. The van der Waals surface area contributed by atoms with E-state index >= 15 is 0 Å². The number of thiazole rings is 1. The summed E-state index contributed by atoms with van der Waals surface area (Å²) in [6, 6.07) is 7.42. The Labute approximate surface area is 122 Å². The van der Waals surface area contributed by atoms with E-state index in [1.807, 2.05) is 30.5 Å². The molecule has 2 aromatic rings. The van der Waals surface area contributed by atoms with Crippen LogP contribution in [0.1, 0.15) is 22.3 Å². The number of carbonyl (C=O) groups is 1. The molecule has 20 heavy (non-hydrogen) atoms. The summed E-state index contributed by atoms with van der Waals surface area (Å²) in [4.78, 5) is 18.2. The van der Waals surface area contributed by atoms with Crippen molar-refractivity contribution in [2.75, 3.05) is 13.6 Å². The van der Waals surface area contributed by atoms with Gasteiger partial charge in [0.15, 0.2) is 0 Å². The molecule has 2 rings (SSSR count). The predicted octanol–water partition coefficient (Wildman–Crippen LogP) is 2.57. The lowest BCUT2D eigenvalue weighted by Crippen LogP contribution is -2.33. The van der Waals surface area contributed by atoms with Crippen LogP contribution in [0.4, 0.5) is 0 Å². The number of nitrogens with zero attached hydrogens (tertiary/aromatic N) is 2. The summed E-state index contributed by atoms with van der Waals surface area (Å²) in [6.45, 7) is 3.94. The molecule has 1 amide bonds. The SMILES string of the molecule is Cc1nc(-c2cccc(C(=O)N(C)C[C@@H](C)O)c2)cs1. The van der Waals surface area contributed by atoms with Crippen molar-refractivity contribution in [3.05, 3.63) is 40.2 Å². The van der Waals surface area contributed by atoms with Crippen molar-refractivity contribution >= 4 is 17.2 Å². The van der Waals surface area contributed by atoms with Crippen LogP contribution in [0.2, 0.25) is 0 Å². The largest absolute Gasteiger partial charge is 0.392 e. The average Bonchev–Trinajstić information content (AvgIpc) is 2.84. The molecule has 1 aromatic carbocycles. The maximum Gasteiger partial charge on any atom is 0.253 e. The van der Waals surface area contributed by atoms with Crippen molar-refractivity contribution in [1.82, 2.24) is 9.88 Å². The van der Waals surface area contributed by atoms with E-state index in [-0.39, 0.29) is 5.91 Å². The fraction of sp³-hybridized carbons (Fsp3) is 0.333. The van der Waals surface area contributed by atoms with Gasteiger partial charge >= 0.3 is 0 Å². The van der Waals surface area contributed by atoms with E-state index in [2.05, 4.69) is 4.98 Å². The summed E-state index contributed by atoms with van der Waals surface area (Å²) in [5.74, 6) is -0.0975. The van der Waals surface area contributed by atoms with Crippen molar-refractivity contribution in [3.63, 3.8) is 0 Å². The Kier molecular flexibility index (Phi) is 4.52. The van der Waals surface area contributed by atoms with Crippen molar-refractivity contribution in [3.8, 4) is 11.3 Å². The lowest BCUT2D eigenvalue weighted by Gasteiger charge is -2.19. The molecule has 106 valence electrons. The number of aliphatic hydroxyl groups excluding tert-OH is 1. The molecule has 0 unspecified atom stereocenters. The molecule has 0 aliphatic carbocycles. The number of hydrogen-bond acceptors (Lipinski definition) is 4. The molecule has 0 spiro atoms. The molecule has 0 aliphatic heterocycles. The van der Waals surface area contributed by atoms with Gasteiger partial charge in [-0.3, -0.25) is 4.79 Å². The molecular weight excluding hydrogens is 272 g/mol. The van der Waals surface area contributed by atoms with Crippen LogP contribution in [0.5, 0.6) is 0 Å². The van der Waals surface area contributed by atoms with Gasteiger partial charge in [-0.25, -0.2) is 4.98 Å². The third-order valence-corrected chi connectivity index (χ3v) is 3.68. The van der Waals surface area contributed by atoms with Gasteiger partial charge in [0.05, 0.1) is 16.8 Å². The van der Waals surface area contributed by atoms with Crippen LogP contribution < -0.4 is 0 Å². The van der Waals surface area contributed by atoms with Crippen LogP contribution in [0.25, 0.3) is 11.3 Å². The minimum atomic E-state index is -0.534. The van der Waals surface area contributed by atoms with Gasteiger partial charge in [0.25, 0.3) is 5.91 Å². The number of rotatable bonds is 4. The van der Waals surface area contributed by atoms with E-state index in [1.54, 1.807) is 31.4 Å². The number of aryl methyl sites for hydroxylation is 1. The third-order valence-electron chi connectivity index (χ3n) is 2.91. The topological polar surface area (TPSA) is 53.4 Å². The Morgan fingerprint density at radius 1 is 1.50 bits per heavy atom. The standard InChI is InChI=1S/C15H18N2O2S/c1-10(18)8-17(3)15(19)13-6-4-5-12(7-13)14-9-20-11(2)16-14/h4-7,9-10,18H,8H2,1-3H3/t10-/m1/s1. The summed E-state index contributed by atoms with van der Waals surface area (Å²) >= 11 is 1.59. The summed E-state index contributed by atoms with van der Waals surface area (Å²) < 4.78 is 0. The highest BCUT2D eigenvalue weighted by Crippen LogP contribution is 2.22. The molecule has 1 N–H and O–H groups in total. The van der Waals surface area contributed by atoms with Crippen molar-refractivity contribution in [1.29, 1.82) is 0 Å². The first kappa shape index (κ1) is 14.7. The maximum absolute atomic E-state index is 12.3. The summed E-state index contributed by atoms with van der Waals surface area (Å²) in [6.07, 6.45) is -0.534. The highest BCUT2D eigenvalue weighted by Gasteiger charge is 2.14. The van der Waals surface area contributed by atoms with Crippen molar-refractivity contribution < 1.29 is 9.90 Å². The second-order valence-corrected chi connectivity index (χ2v) is 5.93. The van der Waals surface area contributed by atoms with Crippen molar-refractivity contribution in [2.45, 2.75) is 20.0 Å². The molecule has 1 heterocycles. The van der Waals surface area contributed by atoms with Crippen LogP contribution in [0, 0.1) is 6.92 Å². The number of likely N-dealkylation sites (N-methyl/N-ethyl adjacent to an activating group) is 1. The first-order chi connectivity index (χ1) is 9.47. The van der Waals surface area contributed by atoms with E-state index < -0.39 is 6.10 Å². The molecule has 1 atom stereocenters. The Morgan fingerprint density at radius 3 is 2.85 bits per heavy atom. The molecular formula is C15H18N2O2S. The second-order valence-electron chi connectivity index (χ2n) is 4.87. The van der Waals surface area contributed by atoms with Crippen molar-refractivity contribution in [2.24, 2.45) is 0 Å². The van der Waals surface area contributed by atoms with Gasteiger partial charge in [-0.2, -0.15) is 0 Å². The Bertz CT molecular complexity index is 607. The van der Waals surface area contributed by atoms with E-state index in [1.165, 1.54) is 4.90 Å². The monoisotopic (exact) mass is 290 g/mol. The van der Waals surface area contributed by atoms with Crippen LogP contribution in [-0.2, 0) is 0 Å².